The standard InChI is InChI=1S/C19H22N4O/c1-12-9-15-16(10-23(12)4)20-11-21-19(15)24-18-6-5-17-14(13(18)2)7-8-22(17)3/h5-8,11-12H,9-10H2,1-4H3/t12-/m0/s1. The van der Waals surface area contributed by atoms with Crippen LogP contribution in [0.4, 0.5) is 0 Å². The fourth-order valence-corrected chi connectivity index (χ4v) is 3.40. The van der Waals surface area contributed by atoms with Crippen LogP contribution in [-0.4, -0.2) is 32.5 Å². The molecule has 0 saturated carbocycles. The van der Waals surface area contributed by atoms with Crippen molar-refractivity contribution in [3.8, 4) is 11.6 Å². The van der Waals surface area contributed by atoms with Gasteiger partial charge in [-0.25, -0.2) is 9.97 Å². The highest BCUT2D eigenvalue weighted by molar-refractivity contribution is 5.85. The Morgan fingerprint density at radius 1 is 1.17 bits per heavy atom. The molecule has 3 aromatic rings. The summed E-state index contributed by atoms with van der Waals surface area (Å²) in [4.78, 5) is 11.2. The van der Waals surface area contributed by atoms with Crippen LogP contribution in [-0.2, 0) is 20.0 Å². The number of hydrogen-bond acceptors (Lipinski definition) is 4. The molecule has 124 valence electrons. The van der Waals surface area contributed by atoms with Crippen molar-refractivity contribution in [1.82, 2.24) is 19.4 Å². The molecule has 0 fully saturated rings. The lowest BCUT2D eigenvalue weighted by Gasteiger charge is -2.31. The molecule has 1 aromatic carbocycles. The highest BCUT2D eigenvalue weighted by Gasteiger charge is 2.25. The van der Waals surface area contributed by atoms with Gasteiger partial charge in [-0.3, -0.25) is 4.90 Å². The van der Waals surface area contributed by atoms with Gasteiger partial charge in [-0.1, -0.05) is 0 Å². The Morgan fingerprint density at radius 3 is 2.83 bits per heavy atom. The number of benzene rings is 1. The Kier molecular flexibility index (Phi) is 3.53. The molecule has 0 bridgehead atoms. The number of hydrogen-bond donors (Lipinski definition) is 0. The van der Waals surface area contributed by atoms with E-state index >= 15 is 0 Å². The minimum atomic E-state index is 0.462. The minimum Gasteiger partial charge on any atom is -0.438 e. The van der Waals surface area contributed by atoms with Crippen molar-refractivity contribution in [2.75, 3.05) is 7.05 Å². The molecule has 24 heavy (non-hydrogen) atoms. The Morgan fingerprint density at radius 2 is 2.00 bits per heavy atom. The first-order valence-corrected chi connectivity index (χ1v) is 8.30. The van der Waals surface area contributed by atoms with Gasteiger partial charge in [0, 0.05) is 47.9 Å². The maximum absolute atomic E-state index is 6.23. The molecule has 4 rings (SSSR count). The van der Waals surface area contributed by atoms with E-state index in [0.717, 1.165) is 35.5 Å². The van der Waals surface area contributed by atoms with Gasteiger partial charge in [0.2, 0.25) is 5.88 Å². The highest BCUT2D eigenvalue weighted by Crippen LogP contribution is 2.34. The molecule has 1 aliphatic rings. The number of likely N-dealkylation sites (N-methyl/N-ethyl adjacent to an activating group) is 1. The van der Waals surface area contributed by atoms with Gasteiger partial charge in [-0.05, 0) is 45.5 Å². The number of ether oxygens (including phenoxy) is 1. The molecule has 3 heterocycles. The fraction of sp³-hybridized carbons (Fsp3) is 0.368. The summed E-state index contributed by atoms with van der Waals surface area (Å²) >= 11 is 0. The van der Waals surface area contributed by atoms with Gasteiger partial charge < -0.3 is 9.30 Å². The van der Waals surface area contributed by atoms with Crippen LogP contribution < -0.4 is 4.74 Å². The van der Waals surface area contributed by atoms with Crippen molar-refractivity contribution in [2.45, 2.75) is 32.9 Å². The Hall–Kier alpha value is -2.40. The second kappa shape index (κ2) is 5.60. The maximum Gasteiger partial charge on any atom is 0.225 e. The molecular weight excluding hydrogens is 300 g/mol. The first-order chi connectivity index (χ1) is 11.5. The molecule has 0 radical (unpaired) electrons. The summed E-state index contributed by atoms with van der Waals surface area (Å²) < 4.78 is 8.35. The van der Waals surface area contributed by atoms with Crippen LogP contribution in [0.15, 0.2) is 30.7 Å². The predicted octanol–water partition coefficient (Wildman–Crippen LogP) is 3.45. The van der Waals surface area contributed by atoms with Gasteiger partial charge in [-0.15, -0.1) is 0 Å². The topological polar surface area (TPSA) is 43.2 Å². The second-order valence-electron chi connectivity index (χ2n) is 6.72. The van der Waals surface area contributed by atoms with E-state index in [1.165, 1.54) is 10.9 Å². The summed E-state index contributed by atoms with van der Waals surface area (Å²) in [6.45, 7) is 5.16. The highest BCUT2D eigenvalue weighted by atomic mass is 16.5. The largest absolute Gasteiger partial charge is 0.438 e. The van der Waals surface area contributed by atoms with Crippen LogP contribution in [0, 0.1) is 6.92 Å². The Balaban J connectivity index is 1.74. The normalized spacial score (nSPS) is 17.9. The van der Waals surface area contributed by atoms with Crippen molar-refractivity contribution in [2.24, 2.45) is 7.05 Å². The third-order valence-corrected chi connectivity index (χ3v) is 5.14. The van der Waals surface area contributed by atoms with E-state index in [-0.39, 0.29) is 0 Å². The van der Waals surface area contributed by atoms with E-state index in [9.17, 15) is 0 Å². The van der Waals surface area contributed by atoms with E-state index in [2.05, 4.69) is 65.7 Å². The van der Waals surface area contributed by atoms with Crippen molar-refractivity contribution in [3.05, 3.63) is 47.5 Å². The zero-order valence-corrected chi connectivity index (χ0v) is 14.6. The van der Waals surface area contributed by atoms with Gasteiger partial charge in [0.1, 0.15) is 12.1 Å². The van der Waals surface area contributed by atoms with E-state index in [1.54, 1.807) is 6.33 Å². The van der Waals surface area contributed by atoms with Crippen molar-refractivity contribution in [1.29, 1.82) is 0 Å². The third-order valence-electron chi connectivity index (χ3n) is 5.14. The summed E-state index contributed by atoms with van der Waals surface area (Å²) in [6.07, 6.45) is 4.59. The van der Waals surface area contributed by atoms with Gasteiger partial charge in [0.15, 0.2) is 0 Å². The van der Waals surface area contributed by atoms with Crippen molar-refractivity contribution < 1.29 is 4.74 Å². The zero-order valence-electron chi connectivity index (χ0n) is 14.6. The van der Waals surface area contributed by atoms with Crippen molar-refractivity contribution >= 4 is 10.9 Å². The Bertz CT molecular complexity index is 915. The van der Waals surface area contributed by atoms with Gasteiger partial charge in [0.05, 0.1) is 5.69 Å². The number of aryl methyl sites for hydroxylation is 2. The predicted molar refractivity (Wildman–Crippen MR) is 94.4 cm³/mol. The second-order valence-corrected chi connectivity index (χ2v) is 6.72. The molecule has 0 saturated heterocycles. The molecule has 0 unspecified atom stereocenters. The average Bonchev–Trinajstić information content (AvgIpc) is 2.94. The smallest absolute Gasteiger partial charge is 0.225 e. The molecular formula is C19H22N4O. The van der Waals surface area contributed by atoms with Crippen LogP contribution in [0.25, 0.3) is 10.9 Å². The quantitative estimate of drug-likeness (QED) is 0.725. The van der Waals surface area contributed by atoms with E-state index < -0.39 is 0 Å². The van der Waals surface area contributed by atoms with E-state index in [0.29, 0.717) is 11.9 Å². The lowest BCUT2D eigenvalue weighted by molar-refractivity contribution is 0.224. The number of aromatic nitrogens is 3. The molecule has 2 aromatic heterocycles. The molecule has 0 N–H and O–H groups in total. The van der Waals surface area contributed by atoms with Gasteiger partial charge in [0.25, 0.3) is 0 Å². The molecule has 0 aliphatic carbocycles. The first-order valence-electron chi connectivity index (χ1n) is 8.30. The summed E-state index contributed by atoms with van der Waals surface area (Å²) in [6, 6.07) is 6.72. The SMILES string of the molecule is Cc1c(Oc2ncnc3c2C[C@H](C)N(C)C3)ccc2c1ccn2C. The lowest BCUT2D eigenvalue weighted by Crippen LogP contribution is -2.35. The number of rotatable bonds is 2. The van der Waals surface area contributed by atoms with Crippen molar-refractivity contribution in [3.63, 3.8) is 0 Å². The summed E-state index contributed by atoms with van der Waals surface area (Å²) in [7, 11) is 4.19. The third kappa shape index (κ3) is 2.36. The molecule has 0 amide bonds. The maximum atomic E-state index is 6.23. The lowest BCUT2D eigenvalue weighted by atomic mass is 10.0. The molecule has 5 nitrogen and oxygen atoms in total. The molecule has 1 aliphatic heterocycles. The van der Waals surface area contributed by atoms with Gasteiger partial charge in [-0.2, -0.15) is 0 Å². The average molecular weight is 322 g/mol. The van der Waals surface area contributed by atoms with E-state index in [4.69, 9.17) is 4.74 Å². The fourth-order valence-electron chi connectivity index (χ4n) is 3.40. The molecule has 5 heteroatoms. The van der Waals surface area contributed by atoms with Crippen LogP contribution in [0.2, 0.25) is 0 Å². The number of fused-ring (bicyclic) bond motifs is 2. The molecule has 1 atom stereocenters. The summed E-state index contributed by atoms with van der Waals surface area (Å²) in [5, 5.41) is 1.21. The monoisotopic (exact) mass is 322 g/mol. The minimum absolute atomic E-state index is 0.462. The van der Waals surface area contributed by atoms with E-state index in [1.807, 2.05) is 6.07 Å². The Labute approximate surface area is 141 Å². The van der Waals surface area contributed by atoms with Gasteiger partial charge >= 0.3 is 0 Å². The van der Waals surface area contributed by atoms with Crippen LogP contribution in [0.5, 0.6) is 11.6 Å². The van der Waals surface area contributed by atoms with Crippen LogP contribution in [0.3, 0.4) is 0 Å². The first kappa shape index (κ1) is 15.1. The number of nitrogens with zero attached hydrogens (tertiary/aromatic N) is 4. The molecule has 0 spiro atoms. The zero-order chi connectivity index (χ0) is 16.8. The van der Waals surface area contributed by atoms with Crippen LogP contribution >= 0.6 is 0 Å². The summed E-state index contributed by atoms with van der Waals surface area (Å²) in [5.74, 6) is 1.56. The van der Waals surface area contributed by atoms with Crippen LogP contribution in [0.1, 0.15) is 23.7 Å². The summed E-state index contributed by atoms with van der Waals surface area (Å²) in [5.41, 5.74) is 4.55.